The maximum Gasteiger partial charge on any atom is 0.338 e. The number of carboxylic acids is 1. The molecule has 0 aromatic heterocycles. The first-order valence-electron chi connectivity index (χ1n) is 19.2. The van der Waals surface area contributed by atoms with Gasteiger partial charge in [0.05, 0.1) is 98.8 Å². The predicted molar refractivity (Wildman–Crippen MR) is 244 cm³/mol. The fourth-order valence-corrected chi connectivity index (χ4v) is 5.55. The topological polar surface area (TPSA) is 380 Å². The van der Waals surface area contributed by atoms with Gasteiger partial charge in [-0.15, -0.1) is 0 Å². The van der Waals surface area contributed by atoms with Crippen LogP contribution in [0.5, 0.6) is 0 Å². The van der Waals surface area contributed by atoms with E-state index in [0.717, 1.165) is 51.2 Å². The van der Waals surface area contributed by atoms with E-state index < -0.39 is 79.8 Å². The highest BCUT2D eigenvalue weighted by Gasteiger charge is 2.36. The molecule has 0 saturated carbocycles. The van der Waals surface area contributed by atoms with Gasteiger partial charge in [-0.2, -0.15) is 0 Å². The zero-order valence-electron chi connectivity index (χ0n) is 38.4. The first-order valence-corrected chi connectivity index (χ1v) is 20.0. The van der Waals surface area contributed by atoms with Crippen molar-refractivity contribution in [2.24, 2.45) is 0 Å². The molecule has 384 valence electrons. The summed E-state index contributed by atoms with van der Waals surface area (Å²) in [4.78, 5) is 129. The second-order valence-electron chi connectivity index (χ2n) is 13.1. The number of nitrogens with one attached hydrogen (secondary N) is 1. The van der Waals surface area contributed by atoms with Crippen LogP contribution in [0.2, 0.25) is 10.0 Å². The lowest BCUT2D eigenvalue weighted by Crippen LogP contribution is -2.25. The summed E-state index contributed by atoms with van der Waals surface area (Å²) in [6.07, 6.45) is 0.0732. The number of fused-ring (bicyclic) bond motifs is 1. The van der Waals surface area contributed by atoms with E-state index in [1.54, 1.807) is 18.2 Å². The number of carboxylic acid groups (broad SMARTS) is 1. The van der Waals surface area contributed by atoms with Gasteiger partial charge >= 0.3 is 47.8 Å². The average molecular weight is 1050 g/mol. The van der Waals surface area contributed by atoms with Gasteiger partial charge in [0.15, 0.2) is 5.92 Å². The minimum Gasteiger partial charge on any atom is -0.478 e. The van der Waals surface area contributed by atoms with Gasteiger partial charge in [0.2, 0.25) is 5.91 Å². The van der Waals surface area contributed by atoms with Crippen molar-refractivity contribution in [2.45, 2.75) is 18.8 Å². The number of nitro benzene ring substituents is 3. The first-order chi connectivity index (χ1) is 33.8. The van der Waals surface area contributed by atoms with E-state index in [2.05, 4.69) is 38.5 Å². The highest BCUT2D eigenvalue weighted by atomic mass is 35.5. The van der Waals surface area contributed by atoms with E-state index in [0.29, 0.717) is 17.7 Å². The van der Waals surface area contributed by atoms with Crippen molar-refractivity contribution in [3.05, 3.63) is 147 Å². The van der Waals surface area contributed by atoms with Gasteiger partial charge in [-0.3, -0.25) is 54.3 Å². The largest absolute Gasteiger partial charge is 0.478 e. The fourth-order valence-electron chi connectivity index (χ4n) is 5.18. The molecule has 0 atom stereocenters. The molecule has 0 bridgehead atoms. The normalized spacial score (nSPS) is 10.3. The molecule has 4 aromatic carbocycles. The van der Waals surface area contributed by atoms with Crippen molar-refractivity contribution in [2.75, 3.05) is 55.1 Å². The van der Waals surface area contributed by atoms with Crippen LogP contribution in [0, 0.1) is 30.3 Å². The Morgan fingerprint density at radius 2 is 0.931 bits per heavy atom. The molecule has 0 unspecified atom stereocenters. The predicted octanol–water partition coefficient (Wildman–Crippen LogP) is 5.48. The van der Waals surface area contributed by atoms with Crippen LogP contribution in [0.4, 0.5) is 22.7 Å². The molecular weight excluding hydrogens is 1010 g/mol. The van der Waals surface area contributed by atoms with E-state index >= 15 is 0 Å². The van der Waals surface area contributed by atoms with Gasteiger partial charge in [0.25, 0.3) is 17.1 Å². The summed E-state index contributed by atoms with van der Waals surface area (Å²) in [5.41, 5.74) is 0.385. The lowest BCUT2D eigenvalue weighted by molar-refractivity contribution is -0.385. The Labute approximate surface area is 415 Å². The summed E-state index contributed by atoms with van der Waals surface area (Å²) < 4.78 is 30.7. The van der Waals surface area contributed by atoms with Crippen molar-refractivity contribution in [3.63, 3.8) is 0 Å². The lowest BCUT2D eigenvalue weighted by atomic mass is 9.96. The summed E-state index contributed by atoms with van der Waals surface area (Å²) in [6.45, 7) is 0. The smallest absolute Gasteiger partial charge is 0.338 e. The van der Waals surface area contributed by atoms with Gasteiger partial charge in [0, 0.05) is 23.9 Å². The minimum atomic E-state index is -1.62. The highest BCUT2D eigenvalue weighted by molar-refractivity contribution is 6.33. The van der Waals surface area contributed by atoms with Crippen molar-refractivity contribution in [3.8, 4) is 0 Å². The van der Waals surface area contributed by atoms with Crippen LogP contribution in [0.3, 0.4) is 0 Å². The van der Waals surface area contributed by atoms with Gasteiger partial charge in [0.1, 0.15) is 16.5 Å². The summed E-state index contributed by atoms with van der Waals surface area (Å²) >= 11 is 11.0. The van der Waals surface area contributed by atoms with E-state index in [4.69, 9.17) is 28.3 Å². The van der Waals surface area contributed by atoms with E-state index in [9.17, 15) is 73.5 Å². The molecule has 4 aromatic rings. The number of carbonyl (C=O) groups is 9. The minimum absolute atomic E-state index is 0.0114. The molecule has 1 amide bonds. The fraction of sp³-hybridized carbons (Fsp3) is 0.233. The molecule has 0 fully saturated rings. The van der Waals surface area contributed by atoms with Crippen LogP contribution >= 0.6 is 23.2 Å². The van der Waals surface area contributed by atoms with Crippen molar-refractivity contribution < 1.29 is 96.2 Å². The maximum atomic E-state index is 11.7. The second kappa shape index (κ2) is 29.7. The Morgan fingerprint density at radius 1 is 0.556 bits per heavy atom. The molecule has 2 N–H and O–H groups in total. The van der Waals surface area contributed by atoms with Crippen LogP contribution in [-0.2, 0) is 63.6 Å². The molecule has 1 heterocycles. The Hall–Kier alpha value is -9.11. The SMILES string of the molecule is COC(=O)CC(=O)OC.COC(=O)c1ccc(C(C(=O)OC)C(=O)OC)c([N+](=O)[O-])c1.COC(=O)c1ccc(Cl)c([N+](=O)[O-])c1.COC(=O)c1ccc2c(c1)NC(=O)C2.O=C(O)c1ccc(Cl)c([N+](=O)[O-])c1. The van der Waals surface area contributed by atoms with Gasteiger partial charge in [-0.05, 0) is 54.1 Å². The number of hydrogen-bond acceptors (Lipinski definition) is 22. The van der Waals surface area contributed by atoms with E-state index in [-0.39, 0.29) is 50.3 Å². The molecular formula is C43H40Cl2N4O23. The Balaban J connectivity index is 0.000000463. The molecule has 0 radical (unpaired) electrons. The molecule has 5 rings (SSSR count). The molecule has 29 heteroatoms. The van der Waals surface area contributed by atoms with Crippen molar-refractivity contribution >= 4 is 99.6 Å². The quantitative estimate of drug-likeness (QED) is 0.0582. The number of nitrogens with zero attached hydrogens (tertiary/aromatic N) is 3. The number of ether oxygens (including phenoxy) is 7. The zero-order valence-corrected chi connectivity index (χ0v) is 40.0. The second-order valence-corrected chi connectivity index (χ2v) is 13.9. The zero-order chi connectivity index (χ0) is 55.0. The number of carbonyl (C=O) groups excluding carboxylic acids is 8. The molecule has 1 aliphatic heterocycles. The number of esters is 7. The summed E-state index contributed by atoms with van der Waals surface area (Å²) in [5.74, 6) is -7.89. The number of rotatable bonds is 12. The van der Waals surface area contributed by atoms with Gasteiger partial charge in [-0.1, -0.05) is 29.3 Å². The number of hydrogen-bond donors (Lipinski definition) is 2. The molecule has 72 heavy (non-hydrogen) atoms. The third-order valence-corrected chi connectivity index (χ3v) is 9.33. The van der Waals surface area contributed by atoms with Crippen LogP contribution in [-0.4, -0.2) is 123 Å². The van der Waals surface area contributed by atoms with E-state index in [1.165, 1.54) is 58.8 Å². The standard InChI is InChI=1S/C13H13NO8.C10H9NO3.C8H6ClNO4.C7H4ClNO4.C5H8O4/c1-20-11(15)7-4-5-8(9(6-7)14(18)19)10(12(16)21-2)13(17)22-3;1-14-10(13)7-3-2-6-5-9(12)11-8(6)4-7;1-14-8(11)5-2-3-6(9)7(4-5)10(12)13;8-5-2-1-4(7(10)11)3-6(5)9(12)13;1-8-4(6)3-5(7)9-2/h4-6,10H,1-3H3;2-4H,5H2,1H3,(H,11,12);2-4H,1H3;1-3H,(H,10,11);3H2,1-2H3. The Bertz CT molecular complexity index is 2720. The molecule has 0 spiro atoms. The number of halogens is 2. The van der Waals surface area contributed by atoms with Crippen LogP contribution < -0.4 is 5.32 Å². The third-order valence-electron chi connectivity index (χ3n) is 8.69. The molecule has 0 aliphatic carbocycles. The monoisotopic (exact) mass is 1050 g/mol. The highest BCUT2D eigenvalue weighted by Crippen LogP contribution is 2.31. The van der Waals surface area contributed by atoms with E-state index in [1.807, 2.05) is 0 Å². The number of benzene rings is 4. The Morgan fingerprint density at radius 3 is 1.32 bits per heavy atom. The van der Waals surface area contributed by atoms with Gasteiger partial charge in [-0.25, -0.2) is 19.2 Å². The van der Waals surface area contributed by atoms with Crippen molar-refractivity contribution in [1.82, 2.24) is 0 Å². The van der Waals surface area contributed by atoms with Crippen LogP contribution in [0.25, 0.3) is 0 Å². The first kappa shape index (κ1) is 60.9. The van der Waals surface area contributed by atoms with Gasteiger partial charge < -0.3 is 43.6 Å². The summed E-state index contributed by atoms with van der Waals surface area (Å²) in [7, 11) is 8.14. The number of methoxy groups -OCH3 is 7. The van der Waals surface area contributed by atoms with Crippen LogP contribution in [0.1, 0.15) is 64.9 Å². The maximum absolute atomic E-state index is 11.7. The molecule has 27 nitrogen and oxygen atoms in total. The number of anilines is 1. The number of amides is 1. The molecule has 0 saturated heterocycles. The number of aromatic carboxylic acids is 1. The summed E-state index contributed by atoms with van der Waals surface area (Å²) in [6, 6.07) is 15.3. The lowest BCUT2D eigenvalue weighted by Gasteiger charge is -2.13. The molecule has 1 aliphatic rings. The average Bonchev–Trinajstić information content (AvgIpc) is 3.75. The third kappa shape index (κ3) is 18.4. The summed E-state index contributed by atoms with van der Waals surface area (Å²) in [5, 5.41) is 43.0. The van der Waals surface area contributed by atoms with Crippen LogP contribution in [0.15, 0.2) is 72.8 Å². The Kier molecular flexibility index (Phi) is 25.1. The van der Waals surface area contributed by atoms with Crippen molar-refractivity contribution in [1.29, 1.82) is 0 Å². The number of nitro groups is 3.